The highest BCUT2D eigenvalue weighted by Gasteiger charge is 2.25. The summed E-state index contributed by atoms with van der Waals surface area (Å²) in [5.41, 5.74) is 12.8. The van der Waals surface area contributed by atoms with Gasteiger partial charge in [-0.2, -0.15) is 0 Å². The number of fused-ring (bicyclic) bond motifs is 6. The van der Waals surface area contributed by atoms with E-state index >= 15 is 0 Å². The van der Waals surface area contributed by atoms with Gasteiger partial charge in [0.15, 0.2) is 0 Å². The van der Waals surface area contributed by atoms with E-state index in [1.54, 1.807) is 0 Å². The summed E-state index contributed by atoms with van der Waals surface area (Å²) >= 11 is 0. The van der Waals surface area contributed by atoms with Gasteiger partial charge in [0.05, 0.1) is 11.2 Å². The van der Waals surface area contributed by atoms with E-state index in [1.165, 1.54) is 82.6 Å². The van der Waals surface area contributed by atoms with Crippen molar-refractivity contribution in [1.29, 1.82) is 0 Å². The fraction of sp³-hybridized carbons (Fsp3) is 0.111. The molecule has 8 aromatic rings. The molecule has 0 aliphatic carbocycles. The zero-order valence-corrected chi connectivity index (χ0v) is 27.1. The normalized spacial score (nSPS) is 11.1. The van der Waals surface area contributed by atoms with E-state index in [-0.39, 0.29) is 0 Å². The van der Waals surface area contributed by atoms with Crippen molar-refractivity contribution in [1.82, 2.24) is 4.57 Å². The van der Waals surface area contributed by atoms with Crippen LogP contribution in [0.2, 0.25) is 0 Å². The van der Waals surface area contributed by atoms with Crippen LogP contribution in [-0.2, 0) is 6.54 Å². The van der Waals surface area contributed by atoms with Crippen molar-refractivity contribution in [2.24, 2.45) is 0 Å². The Morgan fingerprint density at radius 2 is 0.870 bits per heavy atom. The van der Waals surface area contributed by atoms with Crippen LogP contribution in [0.25, 0.3) is 54.8 Å². The fourth-order valence-electron chi connectivity index (χ4n) is 6.67. The van der Waals surface area contributed by atoms with Gasteiger partial charge in [-0.3, -0.25) is 0 Å². The van der Waals surface area contributed by atoms with Crippen molar-refractivity contribution in [3.63, 3.8) is 0 Å². The predicted octanol–water partition coefficient (Wildman–Crippen LogP) is 12.3. The van der Waals surface area contributed by atoms with Gasteiger partial charge >= 0.3 is 0 Å². The second-order valence-electron chi connectivity index (χ2n) is 12.5. The molecule has 0 aliphatic heterocycles. The quantitative estimate of drug-likeness (QED) is 0.179. The highest BCUT2D eigenvalue weighted by atomic mass is 15.0. The molecule has 8 rings (SSSR count). The van der Waals surface area contributed by atoms with Gasteiger partial charge in [-0.05, 0) is 60.5 Å². The molecule has 224 valence electrons. The Morgan fingerprint density at radius 1 is 0.413 bits per heavy atom. The second-order valence-corrected chi connectivity index (χ2v) is 12.5. The summed E-state index contributed by atoms with van der Waals surface area (Å²) in [6.07, 6.45) is 0. The third-order valence-corrected chi connectivity index (χ3v) is 8.94. The second kappa shape index (κ2) is 12.5. The van der Waals surface area contributed by atoms with Gasteiger partial charge in [0.2, 0.25) is 0 Å². The van der Waals surface area contributed by atoms with Gasteiger partial charge < -0.3 is 4.57 Å². The molecule has 0 saturated carbocycles. The third kappa shape index (κ3) is 5.61. The average Bonchev–Trinajstić information content (AvgIpc) is 3.41. The third-order valence-electron chi connectivity index (χ3n) is 8.94. The lowest BCUT2D eigenvalue weighted by atomic mass is 9.91. The predicted molar refractivity (Wildman–Crippen MR) is 199 cm³/mol. The Kier molecular flexibility index (Phi) is 7.99. The van der Waals surface area contributed by atoms with E-state index in [1.807, 2.05) is 36.4 Å². The average molecular weight is 594 g/mol. The molecule has 0 atom stereocenters. The summed E-state index contributed by atoms with van der Waals surface area (Å²) in [5, 5.41) is 6.60. The van der Waals surface area contributed by atoms with Crippen LogP contribution in [0, 0.1) is 27.7 Å². The zero-order valence-electron chi connectivity index (χ0n) is 27.1. The van der Waals surface area contributed by atoms with Crippen LogP contribution in [0.15, 0.2) is 152 Å². The van der Waals surface area contributed by atoms with Crippen molar-refractivity contribution in [2.45, 2.75) is 34.2 Å². The molecule has 1 aromatic heterocycles. The van der Waals surface area contributed by atoms with Gasteiger partial charge in [-0.25, -0.2) is 0 Å². The van der Waals surface area contributed by atoms with E-state index in [4.69, 9.17) is 0 Å². The minimum Gasteiger partial charge on any atom is -0.335 e. The van der Waals surface area contributed by atoms with Crippen LogP contribution in [0.4, 0.5) is 0 Å². The first-order valence-electron chi connectivity index (χ1n) is 16.1. The molecule has 0 fully saturated rings. The van der Waals surface area contributed by atoms with Crippen LogP contribution in [0.5, 0.6) is 0 Å². The van der Waals surface area contributed by atoms with Crippen LogP contribution >= 0.6 is 0 Å². The molecule has 7 aromatic carbocycles. The van der Waals surface area contributed by atoms with Crippen molar-refractivity contribution in [2.75, 3.05) is 0 Å². The van der Waals surface area contributed by atoms with Crippen LogP contribution in [0.1, 0.15) is 27.8 Å². The minimum atomic E-state index is 0.798. The summed E-state index contributed by atoms with van der Waals surface area (Å²) in [7, 11) is 0. The van der Waals surface area contributed by atoms with E-state index in [0.717, 1.165) is 6.54 Å². The number of hydrogen-bond acceptors (Lipinski definition) is 0. The van der Waals surface area contributed by atoms with Crippen molar-refractivity contribution >= 4 is 32.4 Å². The SMILES string of the molecule is Cc1ccc(-c2c(-c3ccc(C)cc3)n(Cc3ccccc3)c3c4ccc(C)cc4c4cc(C)ccc4c23)cc1.c1ccccc1. The summed E-state index contributed by atoms with van der Waals surface area (Å²) in [6.45, 7) is 9.52. The maximum atomic E-state index is 2.58. The molecule has 46 heavy (non-hydrogen) atoms. The first-order valence-corrected chi connectivity index (χ1v) is 16.1. The van der Waals surface area contributed by atoms with Gasteiger partial charge in [0, 0.05) is 22.9 Å². The lowest BCUT2D eigenvalue weighted by Gasteiger charge is -2.15. The molecule has 0 spiro atoms. The summed E-state index contributed by atoms with van der Waals surface area (Å²) in [4.78, 5) is 0. The molecule has 0 aliphatic rings. The standard InChI is InChI=1S/C39H33N.C6H6/c1-25-10-16-30(17-11-25)36-37-32-20-14-27(3)22-34(32)35-23-28(4)15-21-33(35)39(37)40(24-29-8-6-5-7-9-29)38(36)31-18-12-26(2)13-19-31;1-2-4-6-5-3-1/h5-23H,24H2,1-4H3;1-6H. The molecule has 0 N–H and O–H groups in total. The largest absolute Gasteiger partial charge is 0.335 e. The van der Waals surface area contributed by atoms with E-state index in [0.29, 0.717) is 0 Å². The fourth-order valence-corrected chi connectivity index (χ4v) is 6.67. The van der Waals surface area contributed by atoms with E-state index in [9.17, 15) is 0 Å². The zero-order chi connectivity index (χ0) is 31.6. The Labute approximate surface area is 272 Å². The number of aryl methyl sites for hydroxylation is 4. The number of nitrogens with zero attached hydrogens (tertiary/aromatic N) is 1. The number of benzene rings is 7. The first-order chi connectivity index (χ1) is 22.5. The van der Waals surface area contributed by atoms with E-state index < -0.39 is 0 Å². The van der Waals surface area contributed by atoms with Gasteiger partial charge in [0.1, 0.15) is 0 Å². The van der Waals surface area contributed by atoms with Gasteiger partial charge in [-0.1, -0.05) is 174 Å². The van der Waals surface area contributed by atoms with Gasteiger partial charge in [-0.15, -0.1) is 0 Å². The first kappa shape index (κ1) is 29.3. The molecule has 1 heterocycles. The Hall–Kier alpha value is -5.40. The molecule has 1 heteroatoms. The molecule has 0 amide bonds. The maximum absolute atomic E-state index is 2.58. The molecule has 0 radical (unpaired) electrons. The lowest BCUT2D eigenvalue weighted by molar-refractivity contribution is 0.848. The van der Waals surface area contributed by atoms with Gasteiger partial charge in [0.25, 0.3) is 0 Å². The number of hydrogen-bond donors (Lipinski definition) is 0. The molecule has 0 bridgehead atoms. The Balaban J connectivity index is 0.000000508. The summed E-state index contributed by atoms with van der Waals surface area (Å²) in [5.74, 6) is 0. The summed E-state index contributed by atoms with van der Waals surface area (Å²) in [6, 6.07) is 55.0. The maximum Gasteiger partial charge on any atom is 0.0581 e. The number of aromatic nitrogens is 1. The molecule has 1 nitrogen and oxygen atoms in total. The molecular weight excluding hydrogens is 555 g/mol. The van der Waals surface area contributed by atoms with Crippen molar-refractivity contribution in [3.8, 4) is 22.4 Å². The van der Waals surface area contributed by atoms with Crippen LogP contribution in [0.3, 0.4) is 0 Å². The monoisotopic (exact) mass is 593 g/mol. The number of rotatable bonds is 4. The Bertz CT molecular complexity index is 2250. The van der Waals surface area contributed by atoms with Crippen molar-refractivity contribution in [3.05, 3.63) is 179 Å². The van der Waals surface area contributed by atoms with Crippen LogP contribution < -0.4 is 0 Å². The van der Waals surface area contributed by atoms with Crippen LogP contribution in [-0.4, -0.2) is 4.57 Å². The topological polar surface area (TPSA) is 4.93 Å². The minimum absolute atomic E-state index is 0.798. The molecule has 0 saturated heterocycles. The molecular formula is C45H39N. The Morgan fingerprint density at radius 3 is 1.43 bits per heavy atom. The smallest absolute Gasteiger partial charge is 0.0581 e. The highest BCUT2D eigenvalue weighted by molar-refractivity contribution is 6.30. The van der Waals surface area contributed by atoms with Crippen molar-refractivity contribution < 1.29 is 0 Å². The summed E-state index contributed by atoms with van der Waals surface area (Å²) < 4.78 is 2.58. The van der Waals surface area contributed by atoms with E-state index in [2.05, 4.69) is 148 Å². The molecule has 0 unspecified atom stereocenters. The highest BCUT2D eigenvalue weighted by Crippen LogP contribution is 2.48. The lowest BCUT2D eigenvalue weighted by Crippen LogP contribution is -2.03.